The van der Waals surface area contributed by atoms with E-state index in [4.69, 9.17) is 5.73 Å². The van der Waals surface area contributed by atoms with E-state index >= 15 is 0 Å². The van der Waals surface area contributed by atoms with Gasteiger partial charge in [-0.15, -0.1) is 24.0 Å². The van der Waals surface area contributed by atoms with Crippen molar-refractivity contribution in [3.05, 3.63) is 0 Å². The standard InChI is InChI=1S/C13H29N3O2S.HI/c1-5-6-7-8-9-15-12(14)16-10-11-19(17,18)13(2,3)4;/h5-11H2,1-4H3,(H3,14,15,16);1H. The molecule has 0 amide bonds. The van der Waals surface area contributed by atoms with Gasteiger partial charge in [0.1, 0.15) is 0 Å². The number of nitrogens with two attached hydrogens (primary N) is 1. The molecular formula is C13H30IN3O2S. The Kier molecular flexibility index (Phi) is 11.8. The van der Waals surface area contributed by atoms with Crippen LogP contribution in [0.3, 0.4) is 0 Å². The first-order valence-corrected chi connectivity index (χ1v) is 8.62. The van der Waals surface area contributed by atoms with Gasteiger partial charge in [-0.05, 0) is 27.2 Å². The van der Waals surface area contributed by atoms with Crippen LogP contribution in [-0.4, -0.2) is 38.0 Å². The van der Waals surface area contributed by atoms with Gasteiger partial charge in [0.25, 0.3) is 0 Å². The highest BCUT2D eigenvalue weighted by Crippen LogP contribution is 2.15. The van der Waals surface area contributed by atoms with Crippen molar-refractivity contribution in [2.24, 2.45) is 10.7 Å². The van der Waals surface area contributed by atoms with Gasteiger partial charge < -0.3 is 11.1 Å². The molecule has 0 aromatic carbocycles. The van der Waals surface area contributed by atoms with Crippen molar-refractivity contribution in [1.29, 1.82) is 0 Å². The zero-order valence-corrected chi connectivity index (χ0v) is 16.3. The van der Waals surface area contributed by atoms with E-state index in [0.717, 1.165) is 12.8 Å². The summed E-state index contributed by atoms with van der Waals surface area (Å²) in [5.74, 6) is 0.406. The van der Waals surface area contributed by atoms with Gasteiger partial charge in [-0.25, -0.2) is 8.42 Å². The topological polar surface area (TPSA) is 84.5 Å². The molecule has 0 fully saturated rings. The van der Waals surface area contributed by atoms with Crippen LogP contribution in [0.2, 0.25) is 0 Å². The lowest BCUT2D eigenvalue weighted by Gasteiger charge is -2.19. The van der Waals surface area contributed by atoms with E-state index < -0.39 is 14.6 Å². The van der Waals surface area contributed by atoms with Gasteiger partial charge in [-0.2, -0.15) is 0 Å². The first-order valence-electron chi connectivity index (χ1n) is 6.97. The number of hydrogen-bond acceptors (Lipinski definition) is 3. The summed E-state index contributed by atoms with van der Waals surface area (Å²) < 4.78 is 23.0. The number of rotatable bonds is 8. The number of sulfone groups is 1. The number of halogens is 1. The zero-order valence-electron chi connectivity index (χ0n) is 13.1. The molecular weight excluding hydrogens is 389 g/mol. The average Bonchev–Trinajstić information content (AvgIpc) is 2.27. The first kappa shape index (κ1) is 22.2. The number of unbranched alkanes of at least 4 members (excludes halogenated alkanes) is 3. The number of guanidine groups is 1. The van der Waals surface area contributed by atoms with Crippen molar-refractivity contribution in [3.63, 3.8) is 0 Å². The third-order valence-corrected chi connectivity index (χ3v) is 5.51. The number of nitrogens with one attached hydrogen (secondary N) is 1. The summed E-state index contributed by atoms with van der Waals surface area (Å²) in [6, 6.07) is 0. The van der Waals surface area contributed by atoms with Gasteiger partial charge in [0.05, 0.1) is 10.5 Å². The minimum Gasteiger partial charge on any atom is -0.370 e. The van der Waals surface area contributed by atoms with Crippen molar-refractivity contribution in [3.8, 4) is 0 Å². The van der Waals surface area contributed by atoms with Gasteiger partial charge in [0.15, 0.2) is 15.8 Å². The molecule has 7 heteroatoms. The van der Waals surface area contributed by atoms with Crippen LogP contribution >= 0.6 is 24.0 Å². The predicted octanol–water partition coefficient (Wildman–Crippen LogP) is 2.30. The zero-order chi connectivity index (χ0) is 14.9. The van der Waals surface area contributed by atoms with Crippen LogP contribution in [0.15, 0.2) is 4.99 Å². The van der Waals surface area contributed by atoms with Gasteiger partial charge in [-0.1, -0.05) is 26.2 Å². The SMILES string of the molecule is CCCCCCN=C(N)NCCS(=O)(=O)C(C)(C)C.I. The third kappa shape index (κ3) is 9.79. The van der Waals surface area contributed by atoms with Crippen LogP contribution in [-0.2, 0) is 9.84 Å². The summed E-state index contributed by atoms with van der Waals surface area (Å²) in [6.07, 6.45) is 4.59. The molecule has 0 aliphatic carbocycles. The molecule has 0 saturated carbocycles. The van der Waals surface area contributed by atoms with Gasteiger partial charge in [0.2, 0.25) is 0 Å². The van der Waals surface area contributed by atoms with Crippen LogP contribution in [0.5, 0.6) is 0 Å². The van der Waals surface area contributed by atoms with Crippen LogP contribution in [0.4, 0.5) is 0 Å². The Bertz CT molecular complexity index is 376. The van der Waals surface area contributed by atoms with Crippen LogP contribution in [0.1, 0.15) is 53.4 Å². The first-order chi connectivity index (χ1) is 8.70. The van der Waals surface area contributed by atoms with Crippen molar-refractivity contribution < 1.29 is 8.42 Å². The molecule has 5 nitrogen and oxygen atoms in total. The van der Waals surface area contributed by atoms with Crippen molar-refractivity contribution >= 4 is 39.8 Å². The molecule has 0 aromatic heterocycles. The average molecular weight is 419 g/mol. The smallest absolute Gasteiger partial charge is 0.188 e. The lowest BCUT2D eigenvalue weighted by Crippen LogP contribution is -2.39. The van der Waals surface area contributed by atoms with Crippen molar-refractivity contribution in [2.45, 2.75) is 58.1 Å². The van der Waals surface area contributed by atoms with Crippen LogP contribution in [0.25, 0.3) is 0 Å². The predicted molar refractivity (Wildman–Crippen MR) is 97.6 cm³/mol. The molecule has 0 heterocycles. The summed E-state index contributed by atoms with van der Waals surface area (Å²) in [5, 5.41) is 2.85. The van der Waals surface area contributed by atoms with E-state index in [1.807, 2.05) is 0 Å². The monoisotopic (exact) mass is 419 g/mol. The molecule has 0 rings (SSSR count). The van der Waals surface area contributed by atoms with E-state index in [1.54, 1.807) is 20.8 Å². The fraction of sp³-hybridized carbons (Fsp3) is 0.923. The molecule has 0 aromatic rings. The second kappa shape index (κ2) is 10.6. The van der Waals surface area contributed by atoms with E-state index in [0.29, 0.717) is 19.0 Å². The minimum atomic E-state index is -3.10. The molecule has 20 heavy (non-hydrogen) atoms. The van der Waals surface area contributed by atoms with Gasteiger partial charge >= 0.3 is 0 Å². The van der Waals surface area contributed by atoms with E-state index in [1.165, 1.54) is 12.8 Å². The highest BCUT2D eigenvalue weighted by atomic mass is 127. The van der Waals surface area contributed by atoms with Gasteiger partial charge in [-0.3, -0.25) is 4.99 Å². The lowest BCUT2D eigenvalue weighted by atomic mass is 10.2. The Morgan fingerprint density at radius 3 is 2.30 bits per heavy atom. The molecule has 0 aliphatic heterocycles. The van der Waals surface area contributed by atoms with Gasteiger partial charge in [0, 0.05) is 13.1 Å². The molecule has 0 bridgehead atoms. The van der Waals surface area contributed by atoms with E-state index in [-0.39, 0.29) is 29.7 Å². The Morgan fingerprint density at radius 2 is 1.80 bits per heavy atom. The highest BCUT2D eigenvalue weighted by Gasteiger charge is 2.28. The molecule has 3 N–H and O–H groups in total. The molecule has 0 aliphatic rings. The maximum Gasteiger partial charge on any atom is 0.188 e. The van der Waals surface area contributed by atoms with E-state index in [2.05, 4.69) is 17.2 Å². The second-order valence-corrected chi connectivity index (χ2v) is 8.55. The maximum atomic E-state index is 11.8. The Hall–Kier alpha value is -0.0500. The number of hydrogen-bond donors (Lipinski definition) is 2. The Labute approximate surface area is 141 Å². The molecule has 0 radical (unpaired) electrons. The Balaban J connectivity index is 0. The number of nitrogens with zero attached hydrogens (tertiary/aromatic N) is 1. The summed E-state index contributed by atoms with van der Waals surface area (Å²) >= 11 is 0. The Morgan fingerprint density at radius 1 is 1.20 bits per heavy atom. The van der Waals surface area contributed by atoms with Crippen molar-refractivity contribution in [1.82, 2.24) is 5.32 Å². The summed E-state index contributed by atoms with van der Waals surface area (Å²) in [6.45, 7) is 8.28. The molecule has 0 saturated heterocycles. The maximum absolute atomic E-state index is 11.8. The molecule has 0 unspecified atom stereocenters. The summed E-state index contributed by atoms with van der Waals surface area (Å²) in [7, 11) is -3.10. The normalized spacial score (nSPS) is 12.9. The summed E-state index contributed by atoms with van der Waals surface area (Å²) in [5.41, 5.74) is 5.67. The largest absolute Gasteiger partial charge is 0.370 e. The molecule has 0 spiro atoms. The highest BCUT2D eigenvalue weighted by molar-refractivity contribution is 14.0. The summed E-state index contributed by atoms with van der Waals surface area (Å²) in [4.78, 5) is 4.17. The van der Waals surface area contributed by atoms with Crippen molar-refractivity contribution in [2.75, 3.05) is 18.8 Å². The fourth-order valence-corrected chi connectivity index (χ4v) is 2.40. The second-order valence-electron chi connectivity index (χ2n) is 5.69. The minimum absolute atomic E-state index is 0. The quantitative estimate of drug-likeness (QED) is 0.274. The fourth-order valence-electron chi connectivity index (χ4n) is 1.41. The van der Waals surface area contributed by atoms with Crippen LogP contribution in [0, 0.1) is 0 Å². The molecule has 0 atom stereocenters. The lowest BCUT2D eigenvalue weighted by molar-refractivity contribution is 0.559. The number of aliphatic imine (C=N–C) groups is 1. The van der Waals surface area contributed by atoms with Crippen LogP contribution < -0.4 is 11.1 Å². The van der Waals surface area contributed by atoms with E-state index in [9.17, 15) is 8.42 Å². The third-order valence-electron chi connectivity index (χ3n) is 2.90. The molecule has 122 valence electrons.